The zero-order valence-corrected chi connectivity index (χ0v) is 10.8. The standard InChI is InChI=1S/C15H11ClN2O/c16-11-6-2-7-12(17)15(11)19-13-8-1-4-10-5-3-9-18-14(10)13/h1-9H,17H2. The zero-order valence-electron chi connectivity index (χ0n) is 10.0. The Labute approximate surface area is 115 Å². The molecule has 1 aromatic heterocycles. The first-order valence-electron chi connectivity index (χ1n) is 5.81. The van der Waals surface area contributed by atoms with Crippen LogP contribution in [0.1, 0.15) is 0 Å². The highest BCUT2D eigenvalue weighted by molar-refractivity contribution is 6.32. The number of hydrogen-bond acceptors (Lipinski definition) is 3. The summed E-state index contributed by atoms with van der Waals surface area (Å²) in [5.74, 6) is 1.10. The van der Waals surface area contributed by atoms with Gasteiger partial charge in [0.05, 0.1) is 10.7 Å². The minimum absolute atomic E-state index is 0.460. The molecular formula is C15H11ClN2O. The summed E-state index contributed by atoms with van der Waals surface area (Å²) in [6.45, 7) is 0. The van der Waals surface area contributed by atoms with Crippen molar-refractivity contribution in [3.05, 3.63) is 59.8 Å². The smallest absolute Gasteiger partial charge is 0.168 e. The monoisotopic (exact) mass is 270 g/mol. The highest BCUT2D eigenvalue weighted by atomic mass is 35.5. The van der Waals surface area contributed by atoms with E-state index in [2.05, 4.69) is 4.98 Å². The molecule has 0 bridgehead atoms. The van der Waals surface area contributed by atoms with Crippen molar-refractivity contribution in [3.8, 4) is 11.5 Å². The summed E-state index contributed by atoms with van der Waals surface area (Å²) in [6.07, 6.45) is 1.73. The SMILES string of the molecule is Nc1cccc(Cl)c1Oc1cccc2cccnc12. The largest absolute Gasteiger partial charge is 0.451 e. The first-order valence-corrected chi connectivity index (χ1v) is 6.19. The number of benzene rings is 2. The van der Waals surface area contributed by atoms with Crippen LogP contribution in [0.15, 0.2) is 54.7 Å². The van der Waals surface area contributed by atoms with E-state index in [1.54, 1.807) is 24.4 Å². The molecule has 4 heteroatoms. The van der Waals surface area contributed by atoms with E-state index in [4.69, 9.17) is 22.1 Å². The number of rotatable bonds is 2. The van der Waals surface area contributed by atoms with Gasteiger partial charge in [0.1, 0.15) is 5.52 Å². The van der Waals surface area contributed by atoms with Crippen LogP contribution in [0.4, 0.5) is 5.69 Å². The van der Waals surface area contributed by atoms with Crippen LogP contribution in [0.5, 0.6) is 11.5 Å². The molecule has 0 spiro atoms. The van der Waals surface area contributed by atoms with E-state index < -0.39 is 0 Å². The Morgan fingerprint density at radius 1 is 1.00 bits per heavy atom. The summed E-state index contributed by atoms with van der Waals surface area (Å²) in [5, 5.41) is 1.48. The van der Waals surface area contributed by atoms with Crippen LogP contribution in [0.25, 0.3) is 10.9 Å². The second-order valence-electron chi connectivity index (χ2n) is 4.09. The lowest BCUT2D eigenvalue weighted by molar-refractivity contribution is 0.490. The number of halogens is 1. The minimum atomic E-state index is 0.460. The Morgan fingerprint density at radius 3 is 2.63 bits per heavy atom. The molecule has 1 heterocycles. The zero-order chi connectivity index (χ0) is 13.2. The van der Waals surface area contributed by atoms with Crippen LogP contribution in [0.2, 0.25) is 5.02 Å². The molecule has 0 amide bonds. The third kappa shape index (κ3) is 2.20. The molecule has 0 unspecified atom stereocenters. The number of hydrogen-bond donors (Lipinski definition) is 1. The molecule has 2 aromatic carbocycles. The van der Waals surface area contributed by atoms with Gasteiger partial charge < -0.3 is 10.5 Å². The summed E-state index contributed by atoms with van der Waals surface area (Å²) in [4.78, 5) is 4.33. The molecule has 0 aliphatic rings. The van der Waals surface area contributed by atoms with Crippen LogP contribution in [-0.2, 0) is 0 Å². The highest BCUT2D eigenvalue weighted by Crippen LogP contribution is 2.36. The number of fused-ring (bicyclic) bond motifs is 1. The molecular weight excluding hydrogens is 260 g/mol. The van der Waals surface area contributed by atoms with Crippen molar-refractivity contribution in [2.24, 2.45) is 0 Å². The van der Waals surface area contributed by atoms with Gasteiger partial charge in [-0.15, -0.1) is 0 Å². The van der Waals surface area contributed by atoms with E-state index in [9.17, 15) is 0 Å². The van der Waals surface area contributed by atoms with Crippen molar-refractivity contribution in [1.29, 1.82) is 0 Å². The Kier molecular flexibility index (Phi) is 2.97. The van der Waals surface area contributed by atoms with Gasteiger partial charge in [-0.05, 0) is 24.3 Å². The number of ether oxygens (including phenoxy) is 1. The quantitative estimate of drug-likeness (QED) is 0.708. The van der Waals surface area contributed by atoms with Crippen molar-refractivity contribution in [2.75, 3.05) is 5.73 Å². The molecule has 19 heavy (non-hydrogen) atoms. The fraction of sp³-hybridized carbons (Fsp3) is 0. The van der Waals surface area contributed by atoms with Gasteiger partial charge in [-0.25, -0.2) is 0 Å². The van der Waals surface area contributed by atoms with E-state index in [0.717, 1.165) is 10.9 Å². The normalized spacial score (nSPS) is 10.6. The topological polar surface area (TPSA) is 48.1 Å². The maximum Gasteiger partial charge on any atom is 0.168 e. The average Bonchev–Trinajstić information content (AvgIpc) is 2.43. The first kappa shape index (κ1) is 11.8. The van der Waals surface area contributed by atoms with Gasteiger partial charge in [-0.2, -0.15) is 0 Å². The minimum Gasteiger partial charge on any atom is -0.451 e. The predicted molar refractivity (Wildman–Crippen MR) is 77.7 cm³/mol. The van der Waals surface area contributed by atoms with E-state index in [0.29, 0.717) is 22.2 Å². The van der Waals surface area contributed by atoms with Crippen molar-refractivity contribution in [3.63, 3.8) is 0 Å². The van der Waals surface area contributed by atoms with Crippen LogP contribution in [0, 0.1) is 0 Å². The summed E-state index contributed by atoms with van der Waals surface area (Å²) in [5.41, 5.74) is 7.17. The molecule has 0 atom stereocenters. The van der Waals surface area contributed by atoms with Crippen molar-refractivity contribution >= 4 is 28.2 Å². The Morgan fingerprint density at radius 2 is 1.79 bits per heavy atom. The molecule has 0 radical (unpaired) electrons. The van der Waals surface area contributed by atoms with Gasteiger partial charge in [0.2, 0.25) is 0 Å². The number of para-hydroxylation sites is 2. The maximum atomic E-state index is 6.11. The summed E-state index contributed by atoms with van der Waals surface area (Å²) < 4.78 is 5.83. The van der Waals surface area contributed by atoms with Gasteiger partial charge in [0, 0.05) is 11.6 Å². The summed E-state index contributed by atoms with van der Waals surface area (Å²) >= 11 is 6.11. The van der Waals surface area contributed by atoms with Gasteiger partial charge in [0.15, 0.2) is 11.5 Å². The summed E-state index contributed by atoms with van der Waals surface area (Å²) in [7, 11) is 0. The third-order valence-corrected chi connectivity index (χ3v) is 3.10. The molecule has 3 aromatic rings. The molecule has 0 aliphatic carbocycles. The molecule has 0 fully saturated rings. The number of nitrogens with two attached hydrogens (primary N) is 1. The van der Waals surface area contributed by atoms with E-state index in [1.165, 1.54) is 0 Å². The van der Waals surface area contributed by atoms with Crippen molar-refractivity contribution < 1.29 is 4.74 Å². The molecule has 3 rings (SSSR count). The van der Waals surface area contributed by atoms with Crippen molar-refractivity contribution in [2.45, 2.75) is 0 Å². The van der Waals surface area contributed by atoms with E-state index in [1.807, 2.05) is 30.3 Å². The molecule has 0 saturated heterocycles. The molecule has 3 nitrogen and oxygen atoms in total. The second kappa shape index (κ2) is 4.78. The Balaban J connectivity index is 2.11. The molecule has 0 saturated carbocycles. The van der Waals surface area contributed by atoms with Crippen LogP contribution < -0.4 is 10.5 Å². The number of pyridine rings is 1. The number of aromatic nitrogens is 1. The van der Waals surface area contributed by atoms with Crippen LogP contribution in [-0.4, -0.2) is 4.98 Å². The maximum absolute atomic E-state index is 6.11. The predicted octanol–water partition coefficient (Wildman–Crippen LogP) is 4.26. The fourth-order valence-electron chi connectivity index (χ4n) is 1.90. The van der Waals surface area contributed by atoms with Crippen LogP contribution in [0.3, 0.4) is 0 Å². The second-order valence-corrected chi connectivity index (χ2v) is 4.50. The number of nitrogen functional groups attached to an aromatic ring is 1. The molecule has 2 N–H and O–H groups in total. The van der Waals surface area contributed by atoms with Gasteiger partial charge in [-0.1, -0.05) is 35.9 Å². The van der Waals surface area contributed by atoms with Gasteiger partial charge in [0.25, 0.3) is 0 Å². The van der Waals surface area contributed by atoms with Crippen molar-refractivity contribution in [1.82, 2.24) is 4.98 Å². The Bertz CT molecular complexity index is 718. The average molecular weight is 271 g/mol. The number of anilines is 1. The van der Waals surface area contributed by atoms with Gasteiger partial charge in [-0.3, -0.25) is 4.98 Å². The molecule has 0 aliphatic heterocycles. The Hall–Kier alpha value is -2.26. The highest BCUT2D eigenvalue weighted by Gasteiger charge is 2.09. The summed E-state index contributed by atoms with van der Waals surface area (Å²) in [6, 6.07) is 14.9. The van der Waals surface area contributed by atoms with Crippen LogP contribution >= 0.6 is 11.6 Å². The lowest BCUT2D eigenvalue weighted by Gasteiger charge is -2.11. The fourth-order valence-corrected chi connectivity index (χ4v) is 2.12. The number of nitrogens with zero attached hydrogens (tertiary/aromatic N) is 1. The first-order chi connectivity index (χ1) is 9.25. The lowest BCUT2D eigenvalue weighted by Crippen LogP contribution is -1.94. The lowest BCUT2D eigenvalue weighted by atomic mass is 10.2. The third-order valence-electron chi connectivity index (χ3n) is 2.81. The molecule has 94 valence electrons. The van der Waals surface area contributed by atoms with Gasteiger partial charge >= 0.3 is 0 Å². The van der Waals surface area contributed by atoms with E-state index >= 15 is 0 Å². The van der Waals surface area contributed by atoms with E-state index in [-0.39, 0.29) is 0 Å².